The quantitative estimate of drug-likeness (QED) is 0.704. The Kier molecular flexibility index (Phi) is 7.04. The molecule has 0 unspecified atom stereocenters. The van der Waals surface area contributed by atoms with Gasteiger partial charge in [0.25, 0.3) is 5.91 Å². The number of anilines is 1. The second kappa shape index (κ2) is 9.25. The number of hydrogen-bond donors (Lipinski definition) is 3. The molecule has 2 aromatic rings. The first-order valence-corrected chi connectivity index (χ1v) is 8.91. The molecule has 0 bridgehead atoms. The largest absolute Gasteiger partial charge is 0.352 e. The number of hydrogen-bond acceptors (Lipinski definition) is 2. The van der Waals surface area contributed by atoms with Gasteiger partial charge in [-0.25, -0.2) is 4.79 Å². The summed E-state index contributed by atoms with van der Waals surface area (Å²) in [5, 5.41) is 8.62. The van der Waals surface area contributed by atoms with Crippen LogP contribution in [-0.4, -0.2) is 18.5 Å². The Morgan fingerprint density at radius 3 is 2.50 bits per heavy atom. The molecule has 0 fully saturated rings. The van der Waals surface area contributed by atoms with Crippen molar-refractivity contribution < 1.29 is 9.59 Å². The normalized spacial score (nSPS) is 10.5. The van der Waals surface area contributed by atoms with E-state index in [9.17, 15) is 9.59 Å². The molecule has 3 amide bonds. The summed E-state index contributed by atoms with van der Waals surface area (Å²) in [7, 11) is 0. The molecule has 0 spiro atoms. The summed E-state index contributed by atoms with van der Waals surface area (Å²) in [5.74, 6) is 0.134. The van der Waals surface area contributed by atoms with Gasteiger partial charge in [0, 0.05) is 18.8 Å². The second-order valence-corrected chi connectivity index (χ2v) is 7.00. The Balaban J connectivity index is 1.92. The molecule has 0 saturated heterocycles. The molecule has 26 heavy (non-hydrogen) atoms. The van der Waals surface area contributed by atoms with E-state index >= 15 is 0 Å². The van der Waals surface area contributed by atoms with Crippen LogP contribution in [0.25, 0.3) is 0 Å². The van der Waals surface area contributed by atoms with E-state index < -0.39 is 0 Å². The van der Waals surface area contributed by atoms with Crippen LogP contribution >= 0.6 is 11.6 Å². The van der Waals surface area contributed by atoms with Gasteiger partial charge in [0.2, 0.25) is 0 Å². The van der Waals surface area contributed by atoms with Crippen molar-refractivity contribution in [3.63, 3.8) is 0 Å². The van der Waals surface area contributed by atoms with Crippen molar-refractivity contribution in [1.29, 1.82) is 0 Å². The Morgan fingerprint density at radius 2 is 1.85 bits per heavy atom. The van der Waals surface area contributed by atoms with Crippen molar-refractivity contribution in [3.8, 4) is 0 Å². The molecule has 0 heterocycles. The lowest BCUT2D eigenvalue weighted by Gasteiger charge is -2.11. The average Bonchev–Trinajstić information content (AvgIpc) is 2.58. The minimum atomic E-state index is -0.334. The molecule has 138 valence electrons. The number of nitrogens with one attached hydrogen (secondary N) is 3. The van der Waals surface area contributed by atoms with E-state index in [1.54, 1.807) is 18.2 Å². The molecule has 2 aromatic carbocycles. The second-order valence-electron chi connectivity index (χ2n) is 6.60. The van der Waals surface area contributed by atoms with E-state index in [0.717, 1.165) is 11.1 Å². The zero-order valence-corrected chi connectivity index (χ0v) is 16.0. The van der Waals surface area contributed by atoms with Gasteiger partial charge in [-0.2, -0.15) is 0 Å². The molecule has 2 rings (SSSR count). The molecule has 0 aliphatic rings. The van der Waals surface area contributed by atoms with Crippen LogP contribution in [0, 0.1) is 12.8 Å². The maximum Gasteiger partial charge on any atom is 0.319 e. The van der Waals surface area contributed by atoms with Crippen LogP contribution in [0.4, 0.5) is 10.5 Å². The first-order valence-electron chi connectivity index (χ1n) is 8.53. The third kappa shape index (κ3) is 6.08. The van der Waals surface area contributed by atoms with E-state index in [4.69, 9.17) is 11.6 Å². The van der Waals surface area contributed by atoms with Gasteiger partial charge in [-0.3, -0.25) is 4.79 Å². The summed E-state index contributed by atoms with van der Waals surface area (Å²) >= 11 is 6.18. The number of amides is 3. The Labute approximate surface area is 159 Å². The Hall–Kier alpha value is -2.53. The molecule has 3 N–H and O–H groups in total. The van der Waals surface area contributed by atoms with Gasteiger partial charge in [-0.05, 0) is 36.6 Å². The predicted molar refractivity (Wildman–Crippen MR) is 106 cm³/mol. The van der Waals surface area contributed by atoms with E-state index in [2.05, 4.69) is 16.0 Å². The van der Waals surface area contributed by atoms with Crippen molar-refractivity contribution in [1.82, 2.24) is 10.6 Å². The molecule has 5 nitrogen and oxygen atoms in total. The van der Waals surface area contributed by atoms with E-state index in [1.807, 2.05) is 45.0 Å². The van der Waals surface area contributed by atoms with Gasteiger partial charge in [-0.1, -0.05) is 55.3 Å². The van der Waals surface area contributed by atoms with E-state index in [-0.39, 0.29) is 11.9 Å². The van der Waals surface area contributed by atoms with Gasteiger partial charge in [0.15, 0.2) is 0 Å². The number of halogens is 1. The molecule has 0 aromatic heterocycles. The van der Waals surface area contributed by atoms with Crippen LogP contribution in [0.2, 0.25) is 5.02 Å². The summed E-state index contributed by atoms with van der Waals surface area (Å²) < 4.78 is 0. The SMILES string of the molecule is Cc1cccc(CNC(=O)Nc2ccc(C(=O)NCC(C)C)c(Cl)c2)c1. The highest BCUT2D eigenvalue weighted by molar-refractivity contribution is 6.34. The first kappa shape index (κ1) is 19.8. The van der Waals surface area contributed by atoms with Crippen LogP contribution in [0.15, 0.2) is 42.5 Å². The monoisotopic (exact) mass is 373 g/mol. The molecular formula is C20H24ClN3O2. The summed E-state index contributed by atoms with van der Waals surface area (Å²) in [4.78, 5) is 24.1. The van der Waals surface area contributed by atoms with Crippen molar-refractivity contribution in [2.75, 3.05) is 11.9 Å². The maximum atomic E-state index is 12.1. The van der Waals surface area contributed by atoms with Crippen LogP contribution in [0.3, 0.4) is 0 Å². The molecule has 6 heteroatoms. The number of aryl methyl sites for hydroxylation is 1. The average molecular weight is 374 g/mol. The van der Waals surface area contributed by atoms with Crippen molar-refractivity contribution in [2.45, 2.75) is 27.3 Å². The zero-order valence-electron chi connectivity index (χ0n) is 15.2. The summed E-state index contributed by atoms with van der Waals surface area (Å²) in [6.07, 6.45) is 0. The fourth-order valence-corrected chi connectivity index (χ4v) is 2.62. The van der Waals surface area contributed by atoms with Crippen molar-refractivity contribution in [3.05, 3.63) is 64.2 Å². The minimum Gasteiger partial charge on any atom is -0.352 e. The van der Waals surface area contributed by atoms with Crippen molar-refractivity contribution >= 4 is 29.2 Å². The maximum absolute atomic E-state index is 12.1. The summed E-state index contributed by atoms with van der Waals surface area (Å²) in [5.41, 5.74) is 3.08. The number of carbonyl (C=O) groups excluding carboxylic acids is 2. The smallest absolute Gasteiger partial charge is 0.319 e. The van der Waals surface area contributed by atoms with Crippen LogP contribution in [-0.2, 0) is 6.54 Å². The lowest BCUT2D eigenvalue weighted by molar-refractivity contribution is 0.0949. The Morgan fingerprint density at radius 1 is 1.08 bits per heavy atom. The van der Waals surface area contributed by atoms with Gasteiger partial charge >= 0.3 is 6.03 Å². The molecule has 0 aliphatic heterocycles. The number of benzene rings is 2. The Bertz CT molecular complexity index is 790. The van der Waals surface area contributed by atoms with Crippen molar-refractivity contribution in [2.24, 2.45) is 5.92 Å². The van der Waals surface area contributed by atoms with Gasteiger partial charge in [0.1, 0.15) is 0 Å². The molecule has 0 atom stereocenters. The zero-order chi connectivity index (χ0) is 19.1. The molecule has 0 aliphatic carbocycles. The van der Waals surface area contributed by atoms with Gasteiger partial charge in [0.05, 0.1) is 10.6 Å². The highest BCUT2D eigenvalue weighted by Crippen LogP contribution is 2.21. The summed E-state index contributed by atoms with van der Waals surface area (Å²) in [6, 6.07) is 12.4. The highest BCUT2D eigenvalue weighted by atomic mass is 35.5. The molecular weight excluding hydrogens is 350 g/mol. The number of carbonyl (C=O) groups is 2. The van der Waals surface area contributed by atoms with Crippen LogP contribution in [0.1, 0.15) is 35.3 Å². The topological polar surface area (TPSA) is 70.2 Å². The fraction of sp³-hybridized carbons (Fsp3) is 0.300. The van der Waals surface area contributed by atoms with Crippen LogP contribution < -0.4 is 16.0 Å². The number of rotatable bonds is 6. The van der Waals surface area contributed by atoms with E-state index in [1.165, 1.54) is 0 Å². The molecule has 0 saturated carbocycles. The predicted octanol–water partition coefficient (Wildman–Crippen LogP) is 4.36. The van der Waals surface area contributed by atoms with Crippen LogP contribution in [0.5, 0.6) is 0 Å². The van der Waals surface area contributed by atoms with E-state index in [0.29, 0.717) is 35.3 Å². The molecule has 0 radical (unpaired) electrons. The third-order valence-electron chi connectivity index (χ3n) is 3.68. The third-order valence-corrected chi connectivity index (χ3v) is 3.99. The van der Waals surface area contributed by atoms with Gasteiger partial charge in [-0.15, -0.1) is 0 Å². The fourth-order valence-electron chi connectivity index (χ4n) is 2.35. The minimum absolute atomic E-state index is 0.223. The van der Waals surface area contributed by atoms with Gasteiger partial charge < -0.3 is 16.0 Å². The highest BCUT2D eigenvalue weighted by Gasteiger charge is 2.12. The first-order chi connectivity index (χ1) is 12.3. The lowest BCUT2D eigenvalue weighted by atomic mass is 10.1. The summed E-state index contributed by atoms with van der Waals surface area (Å²) in [6.45, 7) is 7.05. The standard InChI is InChI=1S/C20H24ClN3O2/c1-13(2)11-22-19(25)17-8-7-16(10-18(17)21)24-20(26)23-12-15-6-4-5-14(3)9-15/h4-10,13H,11-12H2,1-3H3,(H,22,25)(H2,23,24,26). The lowest BCUT2D eigenvalue weighted by Crippen LogP contribution is -2.29. The number of urea groups is 1.